The lowest BCUT2D eigenvalue weighted by atomic mass is 9.95. The van der Waals surface area contributed by atoms with E-state index in [9.17, 15) is 18.0 Å². The molecule has 1 aromatic rings. The summed E-state index contributed by atoms with van der Waals surface area (Å²) in [5.74, 6) is -1.10. The van der Waals surface area contributed by atoms with Crippen LogP contribution in [0.4, 0.5) is 24.5 Å². The Morgan fingerprint density at radius 2 is 2.11 bits per heavy atom. The van der Waals surface area contributed by atoms with Gasteiger partial charge in [0.25, 0.3) is 5.91 Å². The number of hydrazone groups is 1. The van der Waals surface area contributed by atoms with Crippen LogP contribution in [-0.4, -0.2) is 49.7 Å². The molecule has 3 N–H and O–H groups in total. The zero-order chi connectivity index (χ0) is 19.3. The summed E-state index contributed by atoms with van der Waals surface area (Å²) in [6.07, 6.45) is -4.37. The molecule has 27 heavy (non-hydrogen) atoms. The fraction of sp³-hybridized carbons (Fsp3) is 0.529. The first kappa shape index (κ1) is 17.9. The number of carbonyl (C=O) groups is 1. The number of fused-ring (bicyclic) bond motifs is 3. The van der Waals surface area contributed by atoms with Gasteiger partial charge in [-0.15, -0.1) is 0 Å². The van der Waals surface area contributed by atoms with Crippen LogP contribution in [0.15, 0.2) is 17.2 Å². The highest BCUT2D eigenvalue weighted by Gasteiger charge is 2.41. The van der Waals surface area contributed by atoms with Gasteiger partial charge in [0, 0.05) is 18.8 Å². The van der Waals surface area contributed by atoms with Crippen LogP contribution in [-0.2, 0) is 4.79 Å². The molecule has 0 aliphatic carbocycles. The second kappa shape index (κ2) is 6.29. The summed E-state index contributed by atoms with van der Waals surface area (Å²) >= 11 is 0. The minimum Gasteiger partial charge on any atom is -0.483 e. The molecule has 1 amide bonds. The van der Waals surface area contributed by atoms with E-state index >= 15 is 0 Å². The summed E-state index contributed by atoms with van der Waals surface area (Å²) in [5.41, 5.74) is 3.49. The molecule has 1 aromatic carbocycles. The Bertz CT molecular complexity index is 806. The SMILES string of the molecule is C[C@@H]1C(=O)NN=C2COc3cc([C@H](C)C(F)(F)F)c(NC4CNC4)cc3N21. The number of anilines is 2. The van der Waals surface area contributed by atoms with E-state index in [0.29, 0.717) is 36.0 Å². The summed E-state index contributed by atoms with van der Waals surface area (Å²) in [5, 5.41) is 10.3. The van der Waals surface area contributed by atoms with Gasteiger partial charge >= 0.3 is 6.18 Å². The minimum absolute atomic E-state index is 0.0574. The van der Waals surface area contributed by atoms with Gasteiger partial charge in [-0.3, -0.25) is 4.79 Å². The Morgan fingerprint density at radius 1 is 1.37 bits per heavy atom. The first-order valence-electron chi connectivity index (χ1n) is 8.76. The summed E-state index contributed by atoms with van der Waals surface area (Å²) in [6, 6.07) is 2.58. The minimum atomic E-state index is -4.37. The van der Waals surface area contributed by atoms with Crippen LogP contribution in [0, 0.1) is 0 Å². The molecule has 0 unspecified atom stereocenters. The van der Waals surface area contributed by atoms with Crippen molar-refractivity contribution in [3.63, 3.8) is 0 Å². The average molecular weight is 383 g/mol. The molecule has 0 radical (unpaired) electrons. The van der Waals surface area contributed by atoms with Crippen LogP contribution in [0.1, 0.15) is 25.3 Å². The second-order valence-electron chi connectivity index (χ2n) is 7.01. The van der Waals surface area contributed by atoms with E-state index in [4.69, 9.17) is 4.74 Å². The lowest BCUT2D eigenvalue weighted by molar-refractivity contribution is -0.146. The van der Waals surface area contributed by atoms with Crippen molar-refractivity contribution in [3.05, 3.63) is 17.7 Å². The molecule has 4 rings (SSSR count). The van der Waals surface area contributed by atoms with Gasteiger partial charge in [0.2, 0.25) is 0 Å². The highest BCUT2D eigenvalue weighted by molar-refractivity contribution is 6.09. The maximum absolute atomic E-state index is 13.4. The van der Waals surface area contributed by atoms with Gasteiger partial charge in [0.1, 0.15) is 18.4 Å². The molecule has 3 aliphatic heterocycles. The fourth-order valence-corrected chi connectivity index (χ4v) is 3.36. The van der Waals surface area contributed by atoms with E-state index in [1.54, 1.807) is 17.9 Å². The summed E-state index contributed by atoms with van der Waals surface area (Å²) in [6.45, 7) is 4.30. The molecule has 0 bridgehead atoms. The first-order valence-corrected chi connectivity index (χ1v) is 8.76. The fourth-order valence-electron chi connectivity index (χ4n) is 3.36. The average Bonchev–Trinajstić information content (AvgIpc) is 2.58. The van der Waals surface area contributed by atoms with Crippen molar-refractivity contribution in [2.24, 2.45) is 5.10 Å². The molecule has 3 heterocycles. The normalized spacial score (nSPS) is 23.3. The number of carbonyl (C=O) groups excluding carboxylic acids is 1. The van der Waals surface area contributed by atoms with E-state index < -0.39 is 18.1 Å². The number of hydrogen-bond acceptors (Lipinski definition) is 6. The third-order valence-electron chi connectivity index (χ3n) is 5.19. The summed E-state index contributed by atoms with van der Waals surface area (Å²) in [7, 11) is 0. The van der Waals surface area contributed by atoms with Crippen molar-refractivity contribution in [1.29, 1.82) is 0 Å². The highest BCUT2D eigenvalue weighted by Crippen LogP contribution is 2.45. The van der Waals surface area contributed by atoms with E-state index in [2.05, 4.69) is 21.2 Å². The highest BCUT2D eigenvalue weighted by atomic mass is 19.4. The Labute approximate surface area is 153 Å². The van der Waals surface area contributed by atoms with E-state index in [1.165, 1.54) is 6.07 Å². The number of rotatable bonds is 3. The number of amidine groups is 1. The molecule has 10 heteroatoms. The molecule has 7 nitrogen and oxygen atoms in total. The van der Waals surface area contributed by atoms with Gasteiger partial charge in [0.15, 0.2) is 5.84 Å². The first-order chi connectivity index (χ1) is 12.8. The van der Waals surface area contributed by atoms with Crippen molar-refractivity contribution < 1.29 is 22.7 Å². The maximum atomic E-state index is 13.4. The second-order valence-corrected chi connectivity index (χ2v) is 7.01. The number of nitrogens with one attached hydrogen (secondary N) is 3. The number of hydrogen-bond donors (Lipinski definition) is 3. The van der Waals surface area contributed by atoms with Crippen LogP contribution in [0.3, 0.4) is 0 Å². The van der Waals surface area contributed by atoms with Crippen LogP contribution in [0.2, 0.25) is 0 Å². The van der Waals surface area contributed by atoms with Crippen molar-refractivity contribution in [2.75, 3.05) is 29.9 Å². The molecule has 2 atom stereocenters. The van der Waals surface area contributed by atoms with E-state index in [1.807, 2.05) is 0 Å². The largest absolute Gasteiger partial charge is 0.483 e. The van der Waals surface area contributed by atoms with Crippen molar-refractivity contribution >= 4 is 23.1 Å². The number of alkyl halides is 3. The lowest BCUT2D eigenvalue weighted by Crippen LogP contribution is -2.55. The lowest BCUT2D eigenvalue weighted by Gasteiger charge is -2.39. The molecule has 1 fully saturated rings. The molecular formula is C17H20F3N5O2. The predicted molar refractivity (Wildman–Crippen MR) is 94.2 cm³/mol. The van der Waals surface area contributed by atoms with Crippen molar-refractivity contribution in [2.45, 2.75) is 38.0 Å². The Hall–Kier alpha value is -2.49. The maximum Gasteiger partial charge on any atom is 0.395 e. The van der Waals surface area contributed by atoms with E-state index in [0.717, 1.165) is 6.92 Å². The van der Waals surface area contributed by atoms with Gasteiger partial charge < -0.3 is 20.3 Å². The van der Waals surface area contributed by atoms with Gasteiger partial charge in [-0.25, -0.2) is 5.43 Å². The third kappa shape index (κ3) is 3.07. The smallest absolute Gasteiger partial charge is 0.395 e. The number of nitrogens with zero attached hydrogens (tertiary/aromatic N) is 2. The van der Waals surface area contributed by atoms with Gasteiger partial charge in [-0.2, -0.15) is 18.3 Å². The molecule has 146 valence electrons. The van der Waals surface area contributed by atoms with Crippen LogP contribution in [0.5, 0.6) is 5.75 Å². The topological polar surface area (TPSA) is 78.0 Å². The number of amides is 1. The van der Waals surface area contributed by atoms with Crippen LogP contribution < -0.4 is 25.7 Å². The molecule has 0 saturated carbocycles. The monoisotopic (exact) mass is 383 g/mol. The molecular weight excluding hydrogens is 363 g/mol. The molecule has 1 saturated heterocycles. The number of halogens is 3. The zero-order valence-electron chi connectivity index (χ0n) is 14.9. The summed E-state index contributed by atoms with van der Waals surface area (Å²) < 4.78 is 45.8. The predicted octanol–water partition coefficient (Wildman–Crippen LogP) is 1.77. The van der Waals surface area contributed by atoms with Gasteiger partial charge in [-0.05, 0) is 31.5 Å². The summed E-state index contributed by atoms with van der Waals surface area (Å²) in [4.78, 5) is 13.7. The van der Waals surface area contributed by atoms with Crippen molar-refractivity contribution in [1.82, 2.24) is 10.7 Å². The Balaban J connectivity index is 1.80. The van der Waals surface area contributed by atoms with Gasteiger partial charge in [0.05, 0.1) is 17.6 Å². The number of benzene rings is 1. The van der Waals surface area contributed by atoms with E-state index in [-0.39, 0.29) is 24.1 Å². The van der Waals surface area contributed by atoms with Crippen molar-refractivity contribution in [3.8, 4) is 5.75 Å². The molecule has 0 aromatic heterocycles. The Kier molecular flexibility index (Phi) is 4.17. The Morgan fingerprint density at radius 3 is 2.74 bits per heavy atom. The molecule has 0 spiro atoms. The van der Waals surface area contributed by atoms with Crippen LogP contribution in [0.25, 0.3) is 0 Å². The standard InChI is InChI=1S/C17H20F3N5O2/c1-8(17(18,19)20)11-3-14-13(4-12(11)22-10-5-21-6-10)25-9(2)16(26)24-23-15(25)7-27-14/h3-4,8-10,21-22H,5-7H2,1-2H3,(H,24,26)/t8-,9+/m0/s1. The third-order valence-corrected chi connectivity index (χ3v) is 5.19. The molecule has 3 aliphatic rings. The quantitative estimate of drug-likeness (QED) is 0.742. The zero-order valence-corrected chi connectivity index (χ0v) is 14.9. The number of ether oxygens (including phenoxy) is 1. The van der Waals surface area contributed by atoms with Gasteiger partial charge in [-0.1, -0.05) is 0 Å². The van der Waals surface area contributed by atoms with Crippen LogP contribution >= 0.6 is 0 Å².